The Labute approximate surface area is 115 Å². The average molecular weight is 286 g/mol. The van der Waals surface area contributed by atoms with E-state index in [9.17, 15) is 9.35 Å². The summed E-state index contributed by atoms with van der Waals surface area (Å²) in [7, 11) is 0. The van der Waals surface area contributed by atoms with Gasteiger partial charge >= 0.3 is 0 Å². The fourth-order valence-electron chi connectivity index (χ4n) is 1.84. The van der Waals surface area contributed by atoms with Gasteiger partial charge in [0, 0.05) is 18.2 Å². The molecule has 1 atom stereocenters. The molecule has 6 heteroatoms. The molecule has 2 rings (SSSR count). The molecular formula is C12H18N2O2S2. The third-order valence-corrected chi connectivity index (χ3v) is 5.88. The molecule has 0 saturated heterocycles. The number of aromatic nitrogens is 1. The van der Waals surface area contributed by atoms with E-state index >= 15 is 0 Å². The number of anilines is 1. The highest BCUT2D eigenvalue weighted by molar-refractivity contribution is 7.93. The summed E-state index contributed by atoms with van der Waals surface area (Å²) in [4.78, 5) is 15.8. The second-order valence-electron chi connectivity index (χ2n) is 4.62. The SMILES string of the molecule is CCC(C=O)(CC)c1csc(N[S+]([O-])C2CC2)n1. The number of aldehydes is 1. The van der Waals surface area contributed by atoms with E-state index in [1.165, 1.54) is 11.3 Å². The summed E-state index contributed by atoms with van der Waals surface area (Å²) in [6.45, 7) is 3.99. The highest BCUT2D eigenvalue weighted by Crippen LogP contribution is 2.34. The van der Waals surface area contributed by atoms with Crippen LogP contribution < -0.4 is 4.72 Å². The Bertz CT molecular complexity index is 414. The Balaban J connectivity index is 2.10. The fraction of sp³-hybridized carbons (Fsp3) is 0.667. The van der Waals surface area contributed by atoms with Crippen LogP contribution >= 0.6 is 11.3 Å². The number of thiazole rings is 1. The van der Waals surface area contributed by atoms with Gasteiger partial charge in [0.15, 0.2) is 0 Å². The lowest BCUT2D eigenvalue weighted by Crippen LogP contribution is -2.26. The van der Waals surface area contributed by atoms with Crippen molar-refractivity contribution in [1.82, 2.24) is 4.98 Å². The van der Waals surface area contributed by atoms with E-state index in [1.54, 1.807) is 0 Å². The first-order valence-corrected chi connectivity index (χ1v) is 8.34. The van der Waals surface area contributed by atoms with Crippen molar-refractivity contribution in [2.75, 3.05) is 4.72 Å². The second kappa shape index (κ2) is 5.59. The zero-order chi connectivity index (χ0) is 13.2. The van der Waals surface area contributed by atoms with Crippen molar-refractivity contribution in [3.63, 3.8) is 0 Å². The van der Waals surface area contributed by atoms with Crippen LogP contribution in [0.15, 0.2) is 5.38 Å². The van der Waals surface area contributed by atoms with Gasteiger partial charge < -0.3 is 9.35 Å². The Hall–Kier alpha value is -0.590. The number of hydrogen-bond donors (Lipinski definition) is 1. The molecule has 0 aliphatic heterocycles. The van der Waals surface area contributed by atoms with E-state index in [0.29, 0.717) is 5.13 Å². The molecule has 1 aromatic rings. The van der Waals surface area contributed by atoms with Gasteiger partial charge in [0.1, 0.15) is 11.5 Å². The van der Waals surface area contributed by atoms with Gasteiger partial charge in [-0.1, -0.05) is 13.8 Å². The normalized spacial score (nSPS) is 17.5. The summed E-state index contributed by atoms with van der Waals surface area (Å²) in [5, 5.41) is 2.84. The van der Waals surface area contributed by atoms with E-state index in [0.717, 1.165) is 37.7 Å². The fourth-order valence-corrected chi connectivity index (χ4v) is 3.89. The summed E-state index contributed by atoms with van der Waals surface area (Å²) in [6, 6.07) is 0. The van der Waals surface area contributed by atoms with Gasteiger partial charge in [0.2, 0.25) is 5.13 Å². The molecule has 1 heterocycles. The quantitative estimate of drug-likeness (QED) is 0.618. The molecule has 0 bridgehead atoms. The van der Waals surface area contributed by atoms with Crippen LogP contribution in [0, 0.1) is 0 Å². The monoisotopic (exact) mass is 286 g/mol. The van der Waals surface area contributed by atoms with Crippen molar-refractivity contribution in [3.8, 4) is 0 Å². The second-order valence-corrected chi connectivity index (χ2v) is 6.94. The summed E-state index contributed by atoms with van der Waals surface area (Å²) in [6.07, 6.45) is 4.52. The number of nitrogens with one attached hydrogen (secondary N) is 1. The zero-order valence-electron chi connectivity index (χ0n) is 10.6. The third-order valence-electron chi connectivity index (χ3n) is 3.52. The van der Waals surface area contributed by atoms with Gasteiger partial charge in [-0.25, -0.2) is 4.98 Å². The predicted octanol–water partition coefficient (Wildman–Crippen LogP) is 2.64. The number of carbonyl (C=O) groups excluding carboxylic acids is 1. The van der Waals surface area contributed by atoms with Crippen LogP contribution in [0.1, 0.15) is 45.2 Å². The highest BCUT2D eigenvalue weighted by Gasteiger charge is 2.36. The highest BCUT2D eigenvalue weighted by atomic mass is 32.2. The topological polar surface area (TPSA) is 65.0 Å². The molecule has 1 aromatic heterocycles. The smallest absolute Gasteiger partial charge is 0.226 e. The first-order chi connectivity index (χ1) is 8.65. The predicted molar refractivity (Wildman–Crippen MR) is 75.2 cm³/mol. The lowest BCUT2D eigenvalue weighted by Gasteiger charge is -2.22. The number of hydrogen-bond acceptors (Lipinski definition) is 5. The van der Waals surface area contributed by atoms with E-state index in [-0.39, 0.29) is 5.25 Å². The molecule has 1 unspecified atom stereocenters. The minimum atomic E-state index is -1.02. The lowest BCUT2D eigenvalue weighted by atomic mass is 9.81. The van der Waals surface area contributed by atoms with Crippen LogP contribution in [0.2, 0.25) is 0 Å². The van der Waals surface area contributed by atoms with Crippen molar-refractivity contribution < 1.29 is 9.35 Å². The van der Waals surface area contributed by atoms with E-state index in [2.05, 4.69) is 9.71 Å². The number of carbonyl (C=O) groups is 1. The first kappa shape index (κ1) is 13.8. The minimum absolute atomic E-state index is 0.283. The van der Waals surface area contributed by atoms with Gasteiger partial charge in [0.05, 0.1) is 22.5 Å². The van der Waals surface area contributed by atoms with Crippen molar-refractivity contribution >= 4 is 34.1 Å². The number of nitrogens with zero attached hydrogens (tertiary/aromatic N) is 1. The van der Waals surface area contributed by atoms with Crippen LogP contribution in [0.4, 0.5) is 5.13 Å². The molecular weight excluding hydrogens is 268 g/mol. The van der Waals surface area contributed by atoms with E-state index in [1.807, 2.05) is 19.2 Å². The van der Waals surface area contributed by atoms with Crippen LogP contribution in [0.5, 0.6) is 0 Å². The Morgan fingerprint density at radius 2 is 2.28 bits per heavy atom. The molecule has 1 saturated carbocycles. The molecule has 0 aromatic carbocycles. The average Bonchev–Trinajstić information content (AvgIpc) is 3.14. The summed E-state index contributed by atoms with van der Waals surface area (Å²) in [5.41, 5.74) is 0.306. The molecule has 18 heavy (non-hydrogen) atoms. The van der Waals surface area contributed by atoms with Gasteiger partial charge in [-0.2, -0.15) is 4.72 Å². The summed E-state index contributed by atoms with van der Waals surface area (Å²) in [5.74, 6) is 0. The largest absolute Gasteiger partial charge is 0.593 e. The van der Waals surface area contributed by atoms with Gasteiger partial charge in [-0.05, 0) is 12.8 Å². The van der Waals surface area contributed by atoms with Crippen LogP contribution in [-0.2, 0) is 21.6 Å². The maximum atomic E-state index is 11.7. The summed E-state index contributed by atoms with van der Waals surface area (Å²) < 4.78 is 14.7. The molecule has 1 aliphatic carbocycles. The van der Waals surface area contributed by atoms with Crippen LogP contribution in [0.3, 0.4) is 0 Å². The minimum Gasteiger partial charge on any atom is -0.593 e. The van der Waals surface area contributed by atoms with Gasteiger partial charge in [-0.3, -0.25) is 0 Å². The zero-order valence-corrected chi connectivity index (χ0v) is 12.3. The molecule has 4 nitrogen and oxygen atoms in total. The first-order valence-electron chi connectivity index (χ1n) is 6.24. The molecule has 100 valence electrons. The van der Waals surface area contributed by atoms with E-state index in [4.69, 9.17) is 0 Å². The van der Waals surface area contributed by atoms with Crippen LogP contribution in [0.25, 0.3) is 0 Å². The van der Waals surface area contributed by atoms with Crippen LogP contribution in [-0.4, -0.2) is 21.1 Å². The molecule has 1 aliphatic rings. The van der Waals surface area contributed by atoms with Gasteiger partial charge in [-0.15, -0.1) is 11.3 Å². The maximum absolute atomic E-state index is 11.7. The van der Waals surface area contributed by atoms with Crippen molar-refractivity contribution in [2.45, 2.75) is 50.2 Å². The summed E-state index contributed by atoms with van der Waals surface area (Å²) >= 11 is 0.401. The molecule has 1 N–H and O–H groups in total. The third kappa shape index (κ3) is 2.70. The Morgan fingerprint density at radius 1 is 1.61 bits per heavy atom. The Kier molecular flexibility index (Phi) is 4.29. The van der Waals surface area contributed by atoms with Crippen molar-refractivity contribution in [3.05, 3.63) is 11.1 Å². The maximum Gasteiger partial charge on any atom is 0.226 e. The van der Waals surface area contributed by atoms with Gasteiger partial charge in [0.25, 0.3) is 0 Å². The van der Waals surface area contributed by atoms with Crippen molar-refractivity contribution in [2.24, 2.45) is 0 Å². The molecule has 0 radical (unpaired) electrons. The molecule has 0 spiro atoms. The lowest BCUT2D eigenvalue weighted by molar-refractivity contribution is -0.113. The number of rotatable bonds is 7. The van der Waals surface area contributed by atoms with E-state index < -0.39 is 16.8 Å². The molecule has 0 amide bonds. The van der Waals surface area contributed by atoms with Crippen molar-refractivity contribution in [1.29, 1.82) is 0 Å². The standard InChI is InChI=1S/C12H18N2O2S2/c1-3-12(4-2,8-15)10-7-17-11(13-10)14-18(16)9-5-6-9/h7-9H,3-6H2,1-2H3,(H,13,14). The Morgan fingerprint density at radius 3 is 2.78 bits per heavy atom. The molecule has 1 fully saturated rings.